The van der Waals surface area contributed by atoms with Crippen molar-refractivity contribution in [2.45, 2.75) is 53.0 Å². The molecule has 0 aromatic carbocycles. The fourth-order valence-corrected chi connectivity index (χ4v) is 1.32. The lowest BCUT2D eigenvalue weighted by Crippen LogP contribution is -2.47. The quantitative estimate of drug-likeness (QED) is 0.713. The Hall–Kier alpha value is -1.10. The summed E-state index contributed by atoms with van der Waals surface area (Å²) in [5.41, 5.74) is -0.953. The summed E-state index contributed by atoms with van der Waals surface area (Å²) in [7, 11) is 1.69. The lowest BCUT2D eigenvalue weighted by Gasteiger charge is -2.34. The molecule has 0 aliphatic heterocycles. The summed E-state index contributed by atoms with van der Waals surface area (Å²) in [6, 6.07) is 0. The summed E-state index contributed by atoms with van der Waals surface area (Å²) in [4.78, 5) is 25.1. The Balaban J connectivity index is 4.04. The van der Waals surface area contributed by atoms with Crippen molar-refractivity contribution in [2.75, 3.05) is 20.2 Å². The fraction of sp³-hybridized carbons (Fsp3) is 0.857. The zero-order valence-electron chi connectivity index (χ0n) is 13.0. The Morgan fingerprint density at radius 3 is 2.11 bits per heavy atom. The van der Waals surface area contributed by atoms with Crippen LogP contribution < -0.4 is 5.32 Å². The second kappa shape index (κ2) is 6.89. The molecule has 2 N–H and O–H groups in total. The monoisotopic (exact) mass is 272 g/mol. The Morgan fingerprint density at radius 1 is 1.16 bits per heavy atom. The first-order valence-corrected chi connectivity index (χ1v) is 6.68. The van der Waals surface area contributed by atoms with Gasteiger partial charge < -0.3 is 15.3 Å². The highest BCUT2D eigenvalue weighted by Crippen LogP contribution is 2.14. The van der Waals surface area contributed by atoms with E-state index in [-0.39, 0.29) is 18.4 Å². The van der Waals surface area contributed by atoms with Gasteiger partial charge in [-0.3, -0.25) is 9.59 Å². The first-order chi connectivity index (χ1) is 8.52. The van der Waals surface area contributed by atoms with Crippen LogP contribution in [0.15, 0.2) is 0 Å². The van der Waals surface area contributed by atoms with Crippen LogP contribution in [0.25, 0.3) is 0 Å². The van der Waals surface area contributed by atoms with Crippen molar-refractivity contribution in [1.82, 2.24) is 10.2 Å². The first-order valence-electron chi connectivity index (χ1n) is 6.68. The van der Waals surface area contributed by atoms with Crippen LogP contribution in [0.3, 0.4) is 0 Å². The molecule has 0 aliphatic rings. The van der Waals surface area contributed by atoms with E-state index in [1.54, 1.807) is 11.9 Å². The van der Waals surface area contributed by atoms with Crippen LogP contribution in [0.1, 0.15) is 47.5 Å². The van der Waals surface area contributed by atoms with Gasteiger partial charge >= 0.3 is 0 Å². The lowest BCUT2D eigenvalue weighted by atomic mass is 9.96. The zero-order valence-corrected chi connectivity index (χ0v) is 13.0. The van der Waals surface area contributed by atoms with Crippen LogP contribution in [-0.4, -0.2) is 47.6 Å². The number of hydrogen-bond donors (Lipinski definition) is 2. The molecule has 5 nitrogen and oxygen atoms in total. The molecule has 112 valence electrons. The molecule has 0 saturated heterocycles. The molecule has 0 fully saturated rings. The van der Waals surface area contributed by atoms with Gasteiger partial charge in [0.1, 0.15) is 0 Å². The predicted molar refractivity (Wildman–Crippen MR) is 75.6 cm³/mol. The fourth-order valence-electron chi connectivity index (χ4n) is 1.32. The van der Waals surface area contributed by atoms with Crippen LogP contribution in [0.5, 0.6) is 0 Å². The number of carbonyl (C=O) groups excluding carboxylic acids is 2. The molecule has 19 heavy (non-hydrogen) atoms. The van der Waals surface area contributed by atoms with E-state index in [1.165, 1.54) is 0 Å². The standard InChI is InChI=1S/C14H28N2O3/c1-13(2,3)12(19)15-9-7-8-11(18)16(6)14(4,5)10-17/h17H,7-10H2,1-6H3,(H,15,19). The average molecular weight is 272 g/mol. The molecular formula is C14H28N2O3. The van der Waals surface area contributed by atoms with Gasteiger partial charge in [-0.1, -0.05) is 20.8 Å². The number of nitrogens with one attached hydrogen (secondary N) is 1. The van der Waals surface area contributed by atoms with Crippen LogP contribution in [0.4, 0.5) is 0 Å². The number of aliphatic hydroxyl groups is 1. The summed E-state index contributed by atoms with van der Waals surface area (Å²) in [6.45, 7) is 9.60. The summed E-state index contributed by atoms with van der Waals surface area (Å²) >= 11 is 0. The number of rotatable bonds is 6. The third-order valence-corrected chi connectivity index (χ3v) is 3.20. The minimum Gasteiger partial charge on any atom is -0.394 e. The highest BCUT2D eigenvalue weighted by atomic mass is 16.3. The predicted octanol–water partition coefficient (Wildman–Crippen LogP) is 1.16. The molecule has 5 heteroatoms. The van der Waals surface area contributed by atoms with Crippen LogP contribution in [0, 0.1) is 5.41 Å². The van der Waals surface area contributed by atoms with Crippen molar-refractivity contribution in [3.63, 3.8) is 0 Å². The van der Waals surface area contributed by atoms with E-state index in [4.69, 9.17) is 0 Å². The summed E-state index contributed by atoms with van der Waals surface area (Å²) < 4.78 is 0. The van der Waals surface area contributed by atoms with Crippen molar-refractivity contribution in [2.24, 2.45) is 5.41 Å². The Labute approximate surface area is 116 Å². The van der Waals surface area contributed by atoms with E-state index in [9.17, 15) is 14.7 Å². The molecule has 0 aromatic heterocycles. The van der Waals surface area contributed by atoms with E-state index in [2.05, 4.69) is 5.32 Å². The van der Waals surface area contributed by atoms with Gasteiger partial charge in [0, 0.05) is 25.4 Å². The number of hydrogen-bond acceptors (Lipinski definition) is 3. The van der Waals surface area contributed by atoms with E-state index in [0.29, 0.717) is 19.4 Å². The number of aliphatic hydroxyl groups excluding tert-OH is 1. The molecule has 0 rings (SSSR count). The zero-order chi connectivity index (χ0) is 15.3. The van der Waals surface area contributed by atoms with Crippen molar-refractivity contribution in [1.29, 1.82) is 0 Å². The Bertz CT molecular complexity index is 319. The van der Waals surface area contributed by atoms with Gasteiger partial charge in [0.05, 0.1) is 12.1 Å². The maximum absolute atomic E-state index is 11.9. The van der Waals surface area contributed by atoms with Gasteiger partial charge in [-0.15, -0.1) is 0 Å². The number of carbonyl (C=O) groups is 2. The van der Waals surface area contributed by atoms with E-state index in [0.717, 1.165) is 0 Å². The molecule has 0 atom stereocenters. The van der Waals surface area contributed by atoms with Crippen molar-refractivity contribution in [3.05, 3.63) is 0 Å². The maximum atomic E-state index is 11.9. The van der Waals surface area contributed by atoms with Gasteiger partial charge in [-0.05, 0) is 20.3 Å². The first kappa shape index (κ1) is 17.9. The smallest absolute Gasteiger partial charge is 0.225 e. The largest absolute Gasteiger partial charge is 0.394 e. The Morgan fingerprint density at radius 2 is 1.68 bits per heavy atom. The Kier molecular flexibility index (Phi) is 6.49. The second-order valence-corrected chi connectivity index (χ2v) is 6.53. The molecule has 0 bridgehead atoms. The van der Waals surface area contributed by atoms with Gasteiger partial charge in [0.25, 0.3) is 0 Å². The van der Waals surface area contributed by atoms with E-state index < -0.39 is 11.0 Å². The van der Waals surface area contributed by atoms with Crippen molar-refractivity contribution < 1.29 is 14.7 Å². The van der Waals surface area contributed by atoms with Gasteiger partial charge in [0.2, 0.25) is 11.8 Å². The van der Waals surface area contributed by atoms with Crippen LogP contribution in [-0.2, 0) is 9.59 Å². The van der Waals surface area contributed by atoms with Crippen LogP contribution in [0.2, 0.25) is 0 Å². The molecule has 2 amide bonds. The van der Waals surface area contributed by atoms with Crippen LogP contribution >= 0.6 is 0 Å². The SMILES string of the molecule is CN(C(=O)CCCNC(=O)C(C)(C)C)C(C)(C)CO. The van der Waals surface area contributed by atoms with Gasteiger partial charge in [-0.2, -0.15) is 0 Å². The summed E-state index contributed by atoms with van der Waals surface area (Å²) in [5, 5.41) is 12.0. The third-order valence-electron chi connectivity index (χ3n) is 3.20. The highest BCUT2D eigenvalue weighted by Gasteiger charge is 2.26. The molecule has 0 heterocycles. The van der Waals surface area contributed by atoms with Crippen molar-refractivity contribution in [3.8, 4) is 0 Å². The molecule has 0 radical (unpaired) electrons. The maximum Gasteiger partial charge on any atom is 0.225 e. The second-order valence-electron chi connectivity index (χ2n) is 6.53. The summed E-state index contributed by atoms with van der Waals surface area (Å²) in [5.74, 6) is -0.0342. The lowest BCUT2D eigenvalue weighted by molar-refractivity contribution is -0.136. The molecule has 0 aliphatic carbocycles. The molecule has 0 unspecified atom stereocenters. The third kappa shape index (κ3) is 6.05. The number of likely N-dealkylation sites (N-methyl/N-ethyl adjacent to an activating group) is 1. The van der Waals surface area contributed by atoms with Crippen molar-refractivity contribution >= 4 is 11.8 Å². The molecule has 0 saturated carbocycles. The molecular weight excluding hydrogens is 244 g/mol. The number of nitrogens with zero attached hydrogens (tertiary/aromatic N) is 1. The average Bonchev–Trinajstić information content (AvgIpc) is 2.31. The minimum absolute atomic E-state index is 0.0102. The normalized spacial score (nSPS) is 12.2. The number of amides is 2. The van der Waals surface area contributed by atoms with E-state index >= 15 is 0 Å². The van der Waals surface area contributed by atoms with Gasteiger partial charge in [-0.25, -0.2) is 0 Å². The summed E-state index contributed by atoms with van der Waals surface area (Å²) in [6.07, 6.45) is 0.969. The topological polar surface area (TPSA) is 69.6 Å². The highest BCUT2D eigenvalue weighted by molar-refractivity contribution is 5.81. The van der Waals surface area contributed by atoms with Gasteiger partial charge in [0.15, 0.2) is 0 Å². The minimum atomic E-state index is -0.550. The molecule has 0 spiro atoms. The molecule has 0 aromatic rings. The van der Waals surface area contributed by atoms with E-state index in [1.807, 2.05) is 34.6 Å².